The third-order valence-electron chi connectivity index (χ3n) is 2.24. The lowest BCUT2D eigenvalue weighted by atomic mass is 10.2. The number of nitrogens with one attached hydrogen (secondary N) is 1. The first-order valence-electron chi connectivity index (χ1n) is 5.48. The van der Waals surface area contributed by atoms with Gasteiger partial charge >= 0.3 is 12.1 Å². The van der Waals surface area contributed by atoms with Gasteiger partial charge < -0.3 is 14.8 Å². The Labute approximate surface area is 102 Å². The Morgan fingerprint density at radius 3 is 2.61 bits per heavy atom. The van der Waals surface area contributed by atoms with Crippen molar-refractivity contribution < 1.29 is 27.5 Å². The number of carbonyl (C=O) groups is 1. The van der Waals surface area contributed by atoms with Crippen LogP contribution in [0.5, 0.6) is 0 Å². The zero-order valence-electron chi connectivity index (χ0n) is 9.59. The molecule has 0 fully saturated rings. The van der Waals surface area contributed by atoms with Crippen molar-refractivity contribution in [1.82, 2.24) is 5.32 Å². The van der Waals surface area contributed by atoms with Crippen LogP contribution < -0.4 is 5.32 Å². The highest BCUT2D eigenvalue weighted by Gasteiger charge is 2.25. The van der Waals surface area contributed by atoms with Crippen LogP contribution in [0.4, 0.5) is 13.2 Å². The molecule has 102 valence electrons. The van der Waals surface area contributed by atoms with Gasteiger partial charge in [0.1, 0.15) is 5.76 Å². The summed E-state index contributed by atoms with van der Waals surface area (Å²) in [5.74, 6) is -0.849. The summed E-state index contributed by atoms with van der Waals surface area (Å²) in [7, 11) is 0. The number of carboxylic acids is 1. The van der Waals surface area contributed by atoms with Crippen molar-refractivity contribution in [3.63, 3.8) is 0 Å². The molecule has 0 amide bonds. The minimum Gasteiger partial charge on any atom is -0.475 e. The number of aromatic carboxylic acids is 1. The summed E-state index contributed by atoms with van der Waals surface area (Å²) in [4.78, 5) is 10.5. The van der Waals surface area contributed by atoms with Crippen LogP contribution in [0, 0.1) is 0 Å². The van der Waals surface area contributed by atoms with E-state index in [0.717, 1.165) is 0 Å². The van der Waals surface area contributed by atoms with Gasteiger partial charge in [-0.3, -0.25) is 0 Å². The lowest BCUT2D eigenvalue weighted by Gasteiger charge is -2.06. The summed E-state index contributed by atoms with van der Waals surface area (Å²) in [5, 5.41) is 11.5. The van der Waals surface area contributed by atoms with Crippen molar-refractivity contribution >= 4 is 5.97 Å². The van der Waals surface area contributed by atoms with Gasteiger partial charge in [-0.1, -0.05) is 0 Å². The molecule has 0 saturated heterocycles. The number of rotatable bonds is 7. The van der Waals surface area contributed by atoms with Gasteiger partial charge in [0, 0.05) is 6.42 Å². The minimum absolute atomic E-state index is 0.0784. The number of hydrogen-bond acceptors (Lipinski definition) is 3. The van der Waals surface area contributed by atoms with Crippen LogP contribution in [-0.2, 0) is 6.54 Å². The fourth-order valence-corrected chi connectivity index (χ4v) is 1.37. The Hall–Kier alpha value is -1.50. The van der Waals surface area contributed by atoms with Gasteiger partial charge in [-0.25, -0.2) is 4.79 Å². The maximum Gasteiger partial charge on any atom is 0.389 e. The van der Waals surface area contributed by atoms with Gasteiger partial charge in [-0.2, -0.15) is 13.2 Å². The van der Waals surface area contributed by atoms with Crippen molar-refractivity contribution in [2.45, 2.75) is 32.0 Å². The Bertz CT molecular complexity index is 387. The fourth-order valence-electron chi connectivity index (χ4n) is 1.37. The normalized spacial score (nSPS) is 11.7. The van der Waals surface area contributed by atoms with Gasteiger partial charge in [0.25, 0.3) is 0 Å². The lowest BCUT2D eigenvalue weighted by Crippen LogP contribution is -2.15. The second-order valence-electron chi connectivity index (χ2n) is 3.82. The summed E-state index contributed by atoms with van der Waals surface area (Å²) in [6.45, 7) is 0.735. The summed E-state index contributed by atoms with van der Waals surface area (Å²) in [5.41, 5.74) is 0. The highest BCUT2D eigenvalue weighted by Crippen LogP contribution is 2.21. The molecule has 2 N–H and O–H groups in total. The third kappa shape index (κ3) is 5.72. The standard InChI is InChI=1S/C11H14F3NO3/c12-11(13,14)5-1-2-6-15-7-8-3-4-9(18-8)10(16)17/h3-4,15H,1-2,5-7H2,(H,16,17). The van der Waals surface area contributed by atoms with Gasteiger partial charge in [0.2, 0.25) is 5.76 Å². The number of alkyl halides is 3. The summed E-state index contributed by atoms with van der Waals surface area (Å²) >= 11 is 0. The number of unbranched alkanes of at least 4 members (excludes halogenated alkanes) is 1. The van der Waals surface area contributed by atoms with E-state index in [2.05, 4.69) is 5.32 Å². The number of carboxylic acid groups (broad SMARTS) is 1. The smallest absolute Gasteiger partial charge is 0.389 e. The molecule has 0 saturated carbocycles. The molecule has 0 aromatic carbocycles. The molecule has 0 aliphatic rings. The molecule has 1 heterocycles. The van der Waals surface area contributed by atoms with Crippen molar-refractivity contribution in [2.75, 3.05) is 6.54 Å². The van der Waals surface area contributed by atoms with Crippen LogP contribution >= 0.6 is 0 Å². The molecule has 0 atom stereocenters. The van der Waals surface area contributed by atoms with Crippen LogP contribution in [0.15, 0.2) is 16.5 Å². The molecule has 1 aromatic rings. The van der Waals surface area contributed by atoms with Gasteiger partial charge in [0.05, 0.1) is 6.54 Å². The van der Waals surface area contributed by atoms with E-state index < -0.39 is 18.6 Å². The van der Waals surface area contributed by atoms with Crippen molar-refractivity contribution in [3.8, 4) is 0 Å². The molecule has 7 heteroatoms. The molecule has 0 spiro atoms. The first-order valence-corrected chi connectivity index (χ1v) is 5.48. The second kappa shape index (κ2) is 6.44. The summed E-state index contributed by atoms with van der Waals surface area (Å²) in [6, 6.07) is 2.86. The monoisotopic (exact) mass is 265 g/mol. The van der Waals surface area contributed by atoms with Gasteiger partial charge in [-0.15, -0.1) is 0 Å². The third-order valence-corrected chi connectivity index (χ3v) is 2.24. The largest absolute Gasteiger partial charge is 0.475 e. The topological polar surface area (TPSA) is 62.5 Å². The molecule has 1 rings (SSSR count). The average Bonchev–Trinajstić information content (AvgIpc) is 2.70. The zero-order chi connectivity index (χ0) is 13.6. The molecule has 0 aliphatic carbocycles. The predicted octanol–water partition coefficient (Wildman–Crippen LogP) is 2.80. The maximum atomic E-state index is 11.8. The molecule has 18 heavy (non-hydrogen) atoms. The predicted molar refractivity (Wildman–Crippen MR) is 57.3 cm³/mol. The van der Waals surface area contributed by atoms with E-state index >= 15 is 0 Å². The SMILES string of the molecule is O=C(O)c1ccc(CNCCCCC(F)(F)F)o1. The van der Waals surface area contributed by atoms with Crippen LogP contribution in [0.25, 0.3) is 0 Å². The van der Waals surface area contributed by atoms with Crippen LogP contribution in [0.1, 0.15) is 35.6 Å². The second-order valence-corrected chi connectivity index (χ2v) is 3.82. The first kappa shape index (κ1) is 14.6. The molecule has 1 aromatic heterocycles. The maximum absolute atomic E-state index is 11.8. The van der Waals surface area contributed by atoms with E-state index in [1.165, 1.54) is 12.1 Å². The van der Waals surface area contributed by atoms with E-state index in [-0.39, 0.29) is 12.2 Å². The average molecular weight is 265 g/mol. The van der Waals surface area contributed by atoms with E-state index in [4.69, 9.17) is 9.52 Å². The summed E-state index contributed by atoms with van der Waals surface area (Å²) < 4.78 is 40.4. The zero-order valence-corrected chi connectivity index (χ0v) is 9.59. The molecule has 0 unspecified atom stereocenters. The lowest BCUT2D eigenvalue weighted by molar-refractivity contribution is -0.135. The van der Waals surface area contributed by atoms with Crippen molar-refractivity contribution in [3.05, 3.63) is 23.7 Å². The molecular weight excluding hydrogens is 251 g/mol. The number of halogens is 3. The summed E-state index contributed by atoms with van der Waals surface area (Å²) in [6.07, 6.45) is -4.39. The molecule has 0 aliphatic heterocycles. The van der Waals surface area contributed by atoms with E-state index in [9.17, 15) is 18.0 Å². The van der Waals surface area contributed by atoms with Crippen LogP contribution in [0.2, 0.25) is 0 Å². The Balaban J connectivity index is 2.12. The van der Waals surface area contributed by atoms with E-state index in [1.54, 1.807) is 0 Å². The first-order chi connectivity index (χ1) is 8.38. The number of furan rings is 1. The van der Waals surface area contributed by atoms with Crippen LogP contribution in [0.3, 0.4) is 0 Å². The highest BCUT2D eigenvalue weighted by atomic mass is 19.4. The van der Waals surface area contributed by atoms with Crippen molar-refractivity contribution in [1.29, 1.82) is 0 Å². The van der Waals surface area contributed by atoms with Gasteiger partial charge in [0.15, 0.2) is 0 Å². The minimum atomic E-state index is -4.10. The fraction of sp³-hybridized carbons (Fsp3) is 0.545. The van der Waals surface area contributed by atoms with Crippen LogP contribution in [-0.4, -0.2) is 23.8 Å². The highest BCUT2D eigenvalue weighted by molar-refractivity contribution is 5.84. The Morgan fingerprint density at radius 2 is 2.06 bits per heavy atom. The molecular formula is C11H14F3NO3. The Kier molecular flexibility index (Phi) is 5.21. The Morgan fingerprint density at radius 1 is 1.33 bits per heavy atom. The number of hydrogen-bond donors (Lipinski definition) is 2. The van der Waals surface area contributed by atoms with Gasteiger partial charge in [-0.05, 0) is 31.5 Å². The van der Waals surface area contributed by atoms with E-state index in [1.807, 2.05) is 0 Å². The molecule has 0 radical (unpaired) electrons. The molecule has 4 nitrogen and oxygen atoms in total. The quantitative estimate of drug-likeness (QED) is 0.744. The van der Waals surface area contributed by atoms with Crippen molar-refractivity contribution in [2.24, 2.45) is 0 Å². The molecule has 0 bridgehead atoms. The van der Waals surface area contributed by atoms with E-state index in [0.29, 0.717) is 25.3 Å².